The number of hydrogen-bond acceptors (Lipinski definition) is 6. The maximum absolute atomic E-state index is 14.0. The molecule has 0 heterocycles. The molecule has 4 saturated carbocycles. The van der Waals surface area contributed by atoms with Crippen LogP contribution in [0.3, 0.4) is 0 Å². The second kappa shape index (κ2) is 9.48. The number of fused-ring (bicyclic) bond motifs is 5. The average Bonchev–Trinajstić information content (AvgIpc) is 3.15. The molecule has 9 atom stereocenters. The van der Waals surface area contributed by atoms with Gasteiger partial charge in [0, 0.05) is 19.3 Å². The number of esters is 1. The van der Waals surface area contributed by atoms with Gasteiger partial charge in [0.1, 0.15) is 11.9 Å². The fourth-order valence-corrected chi connectivity index (χ4v) is 10.3. The molecule has 0 aliphatic heterocycles. The predicted molar refractivity (Wildman–Crippen MR) is 140 cm³/mol. The normalized spacial score (nSPS) is 40.3. The van der Waals surface area contributed by atoms with Crippen LogP contribution in [0.5, 0.6) is 0 Å². The molecule has 0 amide bonds. The van der Waals surface area contributed by atoms with Crippen molar-refractivity contribution in [2.45, 2.75) is 103 Å². The molecule has 37 heavy (non-hydrogen) atoms. The van der Waals surface area contributed by atoms with Crippen molar-refractivity contribution < 1.29 is 26.9 Å². The quantitative estimate of drug-likeness (QED) is 0.350. The van der Waals surface area contributed by atoms with Gasteiger partial charge in [0.05, 0.1) is 11.0 Å². The monoisotopic (exact) mass is 530 g/mol. The van der Waals surface area contributed by atoms with E-state index in [0.717, 1.165) is 50.5 Å². The molecule has 0 radical (unpaired) electrons. The molecule has 204 valence electrons. The number of carbonyl (C=O) groups is 2. The fourth-order valence-electron chi connectivity index (χ4n) is 9.21. The number of carbonyl (C=O) groups excluding carboxylic acids is 2. The van der Waals surface area contributed by atoms with E-state index in [1.54, 1.807) is 24.3 Å². The Morgan fingerprint density at radius 1 is 1.03 bits per heavy atom. The van der Waals surface area contributed by atoms with E-state index in [-0.39, 0.29) is 39.6 Å². The van der Waals surface area contributed by atoms with Crippen molar-refractivity contribution in [1.29, 1.82) is 0 Å². The maximum atomic E-state index is 14.0. The molecular weight excluding hydrogens is 488 g/mol. The zero-order valence-electron chi connectivity index (χ0n) is 22.9. The van der Waals surface area contributed by atoms with Crippen molar-refractivity contribution in [3.8, 4) is 0 Å². The zero-order valence-corrected chi connectivity index (χ0v) is 23.7. The highest BCUT2D eigenvalue weighted by atomic mass is 32.2. The molecule has 5 rings (SSSR count). The minimum atomic E-state index is -3.88. The van der Waals surface area contributed by atoms with Crippen LogP contribution in [0, 0.1) is 47.3 Å². The predicted octanol–water partition coefficient (Wildman–Crippen LogP) is 5.86. The van der Waals surface area contributed by atoms with Crippen molar-refractivity contribution in [2.24, 2.45) is 40.4 Å². The Bertz CT molecular complexity index is 1160. The molecule has 0 aromatic heterocycles. The van der Waals surface area contributed by atoms with Crippen LogP contribution >= 0.6 is 0 Å². The van der Waals surface area contributed by atoms with Crippen LogP contribution in [0.15, 0.2) is 29.2 Å². The first kappa shape index (κ1) is 26.9. The van der Waals surface area contributed by atoms with E-state index in [1.165, 1.54) is 6.92 Å². The van der Waals surface area contributed by atoms with Gasteiger partial charge < -0.3 is 4.74 Å². The number of hydrogen-bond donors (Lipinski definition) is 0. The van der Waals surface area contributed by atoms with Crippen LogP contribution in [0.4, 0.5) is 0 Å². The smallest absolute Gasteiger partial charge is 0.302 e. The van der Waals surface area contributed by atoms with Gasteiger partial charge in [0.15, 0.2) is 0 Å². The first-order valence-corrected chi connectivity index (χ1v) is 15.5. The Hall–Kier alpha value is -1.73. The summed E-state index contributed by atoms with van der Waals surface area (Å²) in [5, 5.41) is 0. The van der Waals surface area contributed by atoms with Crippen LogP contribution in [-0.2, 0) is 28.6 Å². The molecule has 7 heteroatoms. The largest absolute Gasteiger partial charge is 0.463 e. The van der Waals surface area contributed by atoms with Gasteiger partial charge >= 0.3 is 5.97 Å². The van der Waals surface area contributed by atoms with Crippen LogP contribution < -0.4 is 0 Å². The third-order valence-electron chi connectivity index (χ3n) is 10.9. The summed E-state index contributed by atoms with van der Waals surface area (Å²) in [5.41, 5.74) is 0.697. The summed E-state index contributed by atoms with van der Waals surface area (Å²) in [6.07, 6.45) is 6.58. The number of rotatable bonds is 5. The number of ether oxygens (including phenoxy) is 1. The molecule has 4 fully saturated rings. The van der Waals surface area contributed by atoms with Gasteiger partial charge in [-0.3, -0.25) is 13.8 Å². The third-order valence-corrected chi connectivity index (χ3v) is 12.3. The number of Topliss-reactive ketones (excluding diaryl/α,β-unsaturated/α-hetero) is 1. The SMILES string of the molecule is CC(=O)O[C@@H]1CC[C@]2(C)[C@H](CC[C@@H]3[C@@H]4CC[C@H]([C@H](C)OS(=O)(=O)c5ccc(C)cc5)[C@]4(C)CC(=O)[C@@H]32)C1. The molecule has 0 saturated heterocycles. The Balaban J connectivity index is 1.34. The number of aryl methyl sites for hydroxylation is 1. The van der Waals surface area contributed by atoms with E-state index < -0.39 is 16.2 Å². The molecule has 1 aromatic carbocycles. The molecule has 0 spiro atoms. The lowest BCUT2D eigenvalue weighted by molar-refractivity contribution is -0.170. The van der Waals surface area contributed by atoms with Gasteiger partial charge in [0.25, 0.3) is 10.1 Å². The minimum absolute atomic E-state index is 0.0212. The topological polar surface area (TPSA) is 86.7 Å². The minimum Gasteiger partial charge on any atom is -0.463 e. The van der Waals surface area contributed by atoms with Gasteiger partial charge in [-0.1, -0.05) is 31.5 Å². The highest BCUT2D eigenvalue weighted by Gasteiger charge is 2.64. The molecule has 4 aliphatic rings. The van der Waals surface area contributed by atoms with Gasteiger partial charge in [0.2, 0.25) is 0 Å². The van der Waals surface area contributed by atoms with Crippen molar-refractivity contribution >= 4 is 21.9 Å². The Morgan fingerprint density at radius 2 is 1.73 bits per heavy atom. The van der Waals surface area contributed by atoms with E-state index in [4.69, 9.17) is 8.92 Å². The highest BCUT2D eigenvalue weighted by Crippen LogP contribution is 2.67. The maximum Gasteiger partial charge on any atom is 0.302 e. The van der Waals surface area contributed by atoms with E-state index in [0.29, 0.717) is 30.0 Å². The van der Waals surface area contributed by atoms with E-state index in [1.807, 2.05) is 13.8 Å². The summed E-state index contributed by atoms with van der Waals surface area (Å²) in [4.78, 5) is 25.7. The Morgan fingerprint density at radius 3 is 2.41 bits per heavy atom. The van der Waals surface area contributed by atoms with Crippen molar-refractivity contribution in [3.05, 3.63) is 29.8 Å². The van der Waals surface area contributed by atoms with E-state index in [2.05, 4.69) is 13.8 Å². The molecule has 4 aliphatic carbocycles. The van der Waals surface area contributed by atoms with Crippen LogP contribution in [-0.4, -0.2) is 32.4 Å². The van der Waals surface area contributed by atoms with Gasteiger partial charge in [-0.2, -0.15) is 8.42 Å². The lowest BCUT2D eigenvalue weighted by atomic mass is 9.44. The Kier molecular flexibility index (Phi) is 6.88. The average molecular weight is 531 g/mol. The number of ketones is 1. The summed E-state index contributed by atoms with van der Waals surface area (Å²) < 4.78 is 37.4. The van der Waals surface area contributed by atoms with E-state index in [9.17, 15) is 18.0 Å². The van der Waals surface area contributed by atoms with Crippen LogP contribution in [0.25, 0.3) is 0 Å². The van der Waals surface area contributed by atoms with Crippen molar-refractivity contribution in [2.75, 3.05) is 0 Å². The lowest BCUT2D eigenvalue weighted by Gasteiger charge is -2.60. The van der Waals surface area contributed by atoms with Gasteiger partial charge in [-0.05, 0) is 105 Å². The molecule has 0 N–H and O–H groups in total. The molecule has 6 nitrogen and oxygen atoms in total. The summed E-state index contributed by atoms with van der Waals surface area (Å²) in [6, 6.07) is 6.76. The third kappa shape index (κ3) is 4.58. The second-order valence-corrected chi connectivity index (χ2v) is 14.5. The summed E-state index contributed by atoms with van der Waals surface area (Å²) in [5.74, 6) is 1.34. The summed E-state index contributed by atoms with van der Waals surface area (Å²) >= 11 is 0. The van der Waals surface area contributed by atoms with Crippen molar-refractivity contribution in [3.63, 3.8) is 0 Å². The van der Waals surface area contributed by atoms with E-state index >= 15 is 0 Å². The van der Waals surface area contributed by atoms with Crippen LogP contribution in [0.1, 0.15) is 84.6 Å². The molecule has 1 aromatic rings. The van der Waals surface area contributed by atoms with Crippen LogP contribution in [0.2, 0.25) is 0 Å². The highest BCUT2D eigenvalue weighted by molar-refractivity contribution is 7.86. The standard InChI is InChI=1S/C30H42O6S/c1-18-6-9-23(10-7-18)37(33,34)36-19(2)25-12-13-26-24-11-8-21-16-22(35-20(3)31)14-15-29(21,4)28(24)27(32)17-30(25,26)5/h6-7,9-10,19,21-22,24-26,28H,8,11-17H2,1-5H3/t19-,21+,22+,24+,25+,26-,28+,29+,30-/m0/s1. The first-order chi connectivity index (χ1) is 17.3. The first-order valence-electron chi connectivity index (χ1n) is 14.0. The fraction of sp³-hybridized carbons (Fsp3) is 0.733. The van der Waals surface area contributed by atoms with Crippen molar-refractivity contribution in [1.82, 2.24) is 0 Å². The Labute approximate surface area is 222 Å². The zero-order chi connectivity index (χ0) is 26.8. The molecular formula is C30H42O6S. The second-order valence-electron chi connectivity index (χ2n) is 12.9. The summed E-state index contributed by atoms with van der Waals surface area (Å²) in [7, 11) is -3.88. The number of benzene rings is 1. The lowest BCUT2D eigenvalue weighted by Crippen LogP contribution is -2.58. The van der Waals surface area contributed by atoms with Gasteiger partial charge in [-0.25, -0.2) is 0 Å². The summed E-state index contributed by atoms with van der Waals surface area (Å²) in [6.45, 7) is 9.80. The molecule has 0 bridgehead atoms. The van der Waals surface area contributed by atoms with Gasteiger partial charge in [-0.15, -0.1) is 0 Å². The molecule has 0 unspecified atom stereocenters.